The van der Waals surface area contributed by atoms with Gasteiger partial charge in [0.1, 0.15) is 0 Å². The van der Waals surface area contributed by atoms with E-state index in [1.807, 2.05) is 0 Å². The van der Waals surface area contributed by atoms with Crippen LogP contribution >= 0.6 is 0 Å². The molecule has 1 saturated heterocycles. The first-order valence-corrected chi connectivity index (χ1v) is 3.84. The number of amidine groups is 1. The van der Waals surface area contributed by atoms with Crippen molar-refractivity contribution in [2.75, 3.05) is 13.2 Å². The molecule has 0 amide bonds. The molecule has 0 bridgehead atoms. The summed E-state index contributed by atoms with van der Waals surface area (Å²) >= 11 is 0. The van der Waals surface area contributed by atoms with Crippen molar-refractivity contribution in [3.05, 3.63) is 0 Å². The summed E-state index contributed by atoms with van der Waals surface area (Å²) in [6.07, 6.45) is 1.77. The fraction of sp³-hybridized carbons (Fsp3) is 0.714. The van der Waals surface area contributed by atoms with Crippen molar-refractivity contribution in [3.63, 3.8) is 0 Å². The molecule has 1 fully saturated rings. The van der Waals surface area contributed by atoms with Crippen molar-refractivity contribution in [1.29, 1.82) is 0 Å². The van der Waals surface area contributed by atoms with Crippen LogP contribution < -0.4 is 5.73 Å². The number of nitrogens with two attached hydrogens (primary N) is 1. The predicted octanol–water partition coefficient (Wildman–Crippen LogP) is -0.393. The summed E-state index contributed by atoms with van der Waals surface area (Å²) in [7, 11) is 0. The Kier molecular flexibility index (Phi) is 3.04. The van der Waals surface area contributed by atoms with Gasteiger partial charge in [-0.3, -0.25) is 4.99 Å². The molecule has 0 aliphatic carbocycles. The summed E-state index contributed by atoms with van der Waals surface area (Å²) in [4.78, 5) is 14.1. The zero-order valence-electron chi connectivity index (χ0n) is 6.69. The van der Waals surface area contributed by atoms with E-state index < -0.39 is 5.97 Å². The van der Waals surface area contributed by atoms with Crippen molar-refractivity contribution < 1.29 is 14.6 Å². The summed E-state index contributed by atoms with van der Waals surface area (Å²) in [5, 5.41) is 8.42. The van der Waals surface area contributed by atoms with Crippen LogP contribution in [0.1, 0.15) is 12.8 Å². The number of hydrogen-bond acceptors (Lipinski definition) is 3. The molecule has 5 nitrogen and oxygen atoms in total. The highest BCUT2D eigenvalue weighted by Gasteiger charge is 2.14. The highest BCUT2D eigenvalue weighted by molar-refractivity contribution is 6.33. The minimum absolute atomic E-state index is 0.0742. The van der Waals surface area contributed by atoms with E-state index in [0.717, 1.165) is 19.4 Å². The Morgan fingerprint density at radius 1 is 1.67 bits per heavy atom. The first kappa shape index (κ1) is 8.99. The number of hydrogen-bond donors (Lipinski definition) is 2. The topological polar surface area (TPSA) is 84.9 Å². The van der Waals surface area contributed by atoms with Gasteiger partial charge in [-0.15, -0.1) is 0 Å². The number of carboxylic acid groups (broad SMARTS) is 1. The molecule has 68 valence electrons. The zero-order valence-corrected chi connectivity index (χ0v) is 6.69. The lowest BCUT2D eigenvalue weighted by atomic mass is 10.1. The SMILES string of the molecule is NC(=NC1CCCOC1)C(=O)O. The van der Waals surface area contributed by atoms with Gasteiger partial charge >= 0.3 is 5.97 Å². The summed E-state index contributed by atoms with van der Waals surface area (Å²) < 4.78 is 5.11. The molecule has 0 spiro atoms. The molecule has 12 heavy (non-hydrogen) atoms. The third kappa shape index (κ3) is 2.50. The van der Waals surface area contributed by atoms with E-state index in [1.165, 1.54) is 0 Å². The average molecular weight is 172 g/mol. The highest BCUT2D eigenvalue weighted by Crippen LogP contribution is 2.09. The third-order valence-electron chi connectivity index (χ3n) is 1.68. The van der Waals surface area contributed by atoms with Crippen LogP contribution in [-0.4, -0.2) is 36.2 Å². The van der Waals surface area contributed by atoms with Gasteiger partial charge in [-0.25, -0.2) is 4.79 Å². The normalized spacial score (nSPS) is 25.3. The van der Waals surface area contributed by atoms with Gasteiger partial charge in [0.05, 0.1) is 12.6 Å². The van der Waals surface area contributed by atoms with Gasteiger partial charge in [0.15, 0.2) is 0 Å². The molecule has 0 radical (unpaired) electrons. The summed E-state index contributed by atoms with van der Waals surface area (Å²) in [6, 6.07) is -0.0742. The fourth-order valence-electron chi connectivity index (χ4n) is 1.08. The van der Waals surface area contributed by atoms with Crippen molar-refractivity contribution in [2.45, 2.75) is 18.9 Å². The Morgan fingerprint density at radius 2 is 2.42 bits per heavy atom. The van der Waals surface area contributed by atoms with Gasteiger partial charge in [0, 0.05) is 6.61 Å². The molecular weight excluding hydrogens is 160 g/mol. The number of rotatable bonds is 1. The van der Waals surface area contributed by atoms with Crippen molar-refractivity contribution in [2.24, 2.45) is 10.7 Å². The van der Waals surface area contributed by atoms with Gasteiger partial charge in [0.25, 0.3) is 0 Å². The van der Waals surface area contributed by atoms with Crippen LogP contribution in [0.2, 0.25) is 0 Å². The number of carbonyl (C=O) groups is 1. The molecule has 0 aromatic carbocycles. The summed E-state index contributed by atoms with van der Waals surface area (Å²) in [5.74, 6) is -1.49. The van der Waals surface area contributed by atoms with Crippen LogP contribution in [0.15, 0.2) is 4.99 Å². The second kappa shape index (κ2) is 4.06. The van der Waals surface area contributed by atoms with E-state index in [4.69, 9.17) is 15.6 Å². The molecule has 1 rings (SSSR count). The molecule has 1 unspecified atom stereocenters. The Labute approximate surface area is 70.2 Å². The van der Waals surface area contributed by atoms with Gasteiger partial charge in [0.2, 0.25) is 5.84 Å². The first-order valence-electron chi connectivity index (χ1n) is 3.84. The monoisotopic (exact) mass is 172 g/mol. The number of aliphatic imine (C=N–C) groups is 1. The van der Waals surface area contributed by atoms with Gasteiger partial charge in [-0.05, 0) is 12.8 Å². The first-order chi connectivity index (χ1) is 5.70. The molecular formula is C7H12N2O3. The maximum atomic E-state index is 10.3. The van der Waals surface area contributed by atoms with Crippen molar-refractivity contribution >= 4 is 11.8 Å². The maximum Gasteiger partial charge on any atom is 0.370 e. The standard InChI is InChI=1S/C7H12N2O3/c8-6(7(10)11)9-5-2-1-3-12-4-5/h5H,1-4H2,(H2,8,9)(H,10,11). The second-order valence-corrected chi connectivity index (χ2v) is 2.69. The lowest BCUT2D eigenvalue weighted by Crippen LogP contribution is -2.29. The second-order valence-electron chi connectivity index (χ2n) is 2.69. The Hall–Kier alpha value is -1.10. The van der Waals surface area contributed by atoms with E-state index >= 15 is 0 Å². The minimum atomic E-state index is -1.17. The average Bonchev–Trinajstić information content (AvgIpc) is 2.06. The van der Waals surface area contributed by atoms with E-state index in [9.17, 15) is 4.79 Å². The van der Waals surface area contributed by atoms with Crippen LogP contribution in [0.3, 0.4) is 0 Å². The van der Waals surface area contributed by atoms with Crippen LogP contribution in [0, 0.1) is 0 Å². The summed E-state index contributed by atoms with van der Waals surface area (Å²) in [5.41, 5.74) is 5.14. The lowest BCUT2D eigenvalue weighted by molar-refractivity contribution is -0.129. The van der Waals surface area contributed by atoms with E-state index in [0.29, 0.717) is 6.61 Å². The van der Waals surface area contributed by atoms with Crippen LogP contribution in [0.25, 0.3) is 0 Å². The lowest BCUT2D eigenvalue weighted by Gasteiger charge is -2.18. The van der Waals surface area contributed by atoms with E-state index in [-0.39, 0.29) is 11.9 Å². The van der Waals surface area contributed by atoms with E-state index in [2.05, 4.69) is 4.99 Å². The Bertz CT molecular complexity index is 197. The Balaban J connectivity index is 2.47. The molecule has 1 aliphatic heterocycles. The maximum absolute atomic E-state index is 10.3. The predicted molar refractivity (Wildman–Crippen MR) is 43.1 cm³/mol. The molecule has 1 heterocycles. The number of nitrogens with zero attached hydrogens (tertiary/aromatic N) is 1. The van der Waals surface area contributed by atoms with E-state index in [1.54, 1.807) is 0 Å². The Morgan fingerprint density at radius 3 is 2.92 bits per heavy atom. The molecule has 0 aromatic heterocycles. The molecule has 0 saturated carbocycles. The van der Waals surface area contributed by atoms with Crippen molar-refractivity contribution in [1.82, 2.24) is 0 Å². The molecule has 1 aliphatic rings. The highest BCUT2D eigenvalue weighted by atomic mass is 16.5. The van der Waals surface area contributed by atoms with Gasteiger partial charge < -0.3 is 15.6 Å². The number of aliphatic carboxylic acids is 1. The number of ether oxygens (including phenoxy) is 1. The fourth-order valence-corrected chi connectivity index (χ4v) is 1.08. The van der Waals surface area contributed by atoms with Crippen LogP contribution in [0.4, 0.5) is 0 Å². The molecule has 5 heteroatoms. The quantitative estimate of drug-likeness (QED) is 0.416. The summed E-state index contributed by atoms with van der Waals surface area (Å²) in [6.45, 7) is 1.22. The van der Waals surface area contributed by atoms with Crippen LogP contribution in [-0.2, 0) is 9.53 Å². The number of carboxylic acids is 1. The van der Waals surface area contributed by atoms with Gasteiger partial charge in [-0.2, -0.15) is 0 Å². The smallest absolute Gasteiger partial charge is 0.370 e. The molecule has 3 N–H and O–H groups in total. The zero-order chi connectivity index (χ0) is 8.97. The third-order valence-corrected chi connectivity index (χ3v) is 1.68. The largest absolute Gasteiger partial charge is 0.475 e. The molecule has 1 atom stereocenters. The van der Waals surface area contributed by atoms with Gasteiger partial charge in [-0.1, -0.05) is 0 Å². The van der Waals surface area contributed by atoms with Crippen molar-refractivity contribution in [3.8, 4) is 0 Å². The minimum Gasteiger partial charge on any atom is -0.475 e. The molecule has 0 aromatic rings. The van der Waals surface area contributed by atoms with Crippen LogP contribution in [0.5, 0.6) is 0 Å².